The van der Waals surface area contributed by atoms with Crippen LogP contribution in [0.25, 0.3) is 0 Å². The molecule has 2 N–H and O–H groups in total. The second-order valence-corrected chi connectivity index (χ2v) is 6.32. The van der Waals surface area contributed by atoms with Crippen molar-refractivity contribution < 1.29 is 9.59 Å². The lowest BCUT2D eigenvalue weighted by Crippen LogP contribution is -2.51. The first-order valence-corrected chi connectivity index (χ1v) is 6.60. The van der Waals surface area contributed by atoms with Crippen molar-refractivity contribution in [2.75, 3.05) is 6.54 Å². The fourth-order valence-corrected chi connectivity index (χ4v) is 2.98. The Labute approximate surface area is 108 Å². The Kier molecular flexibility index (Phi) is 3.32. The minimum atomic E-state index is -0.205. The maximum absolute atomic E-state index is 12.4. The van der Waals surface area contributed by atoms with Gasteiger partial charge in [0.05, 0.1) is 17.9 Å². The maximum Gasteiger partial charge on any atom is 0.233 e. The molecular formula is C14H22N2O2. The van der Waals surface area contributed by atoms with E-state index in [1.807, 2.05) is 32.9 Å². The summed E-state index contributed by atoms with van der Waals surface area (Å²) < 4.78 is 0. The van der Waals surface area contributed by atoms with Gasteiger partial charge in [-0.1, -0.05) is 32.9 Å². The normalized spacial score (nSPS) is 29.7. The summed E-state index contributed by atoms with van der Waals surface area (Å²) in [5, 5.41) is 0. The van der Waals surface area contributed by atoms with E-state index in [2.05, 4.69) is 0 Å². The molecule has 4 nitrogen and oxygen atoms in total. The first-order valence-electron chi connectivity index (χ1n) is 6.60. The Balaban J connectivity index is 2.30. The molecule has 0 saturated carbocycles. The van der Waals surface area contributed by atoms with E-state index >= 15 is 0 Å². The zero-order chi connectivity index (χ0) is 13.5. The molecule has 0 bridgehead atoms. The van der Waals surface area contributed by atoms with E-state index in [4.69, 9.17) is 5.73 Å². The molecule has 1 aliphatic heterocycles. The molecule has 1 heterocycles. The van der Waals surface area contributed by atoms with Crippen LogP contribution in [0.5, 0.6) is 0 Å². The Morgan fingerprint density at radius 2 is 1.67 bits per heavy atom. The first-order chi connectivity index (χ1) is 8.38. The summed E-state index contributed by atoms with van der Waals surface area (Å²) in [6.07, 6.45) is 5.38. The molecule has 2 amide bonds. The van der Waals surface area contributed by atoms with Crippen molar-refractivity contribution in [1.29, 1.82) is 0 Å². The Morgan fingerprint density at radius 1 is 1.22 bits per heavy atom. The van der Waals surface area contributed by atoms with Gasteiger partial charge in [-0.25, -0.2) is 0 Å². The van der Waals surface area contributed by atoms with Crippen molar-refractivity contribution in [2.24, 2.45) is 23.0 Å². The van der Waals surface area contributed by atoms with E-state index in [0.717, 1.165) is 0 Å². The van der Waals surface area contributed by atoms with Crippen LogP contribution in [-0.2, 0) is 9.59 Å². The summed E-state index contributed by atoms with van der Waals surface area (Å²) in [6, 6.07) is -0.205. The molecule has 18 heavy (non-hydrogen) atoms. The van der Waals surface area contributed by atoms with Gasteiger partial charge in [0.15, 0.2) is 0 Å². The number of nitrogens with zero attached hydrogens (tertiary/aromatic N) is 1. The molecule has 0 spiro atoms. The molecular weight excluding hydrogens is 228 g/mol. The highest BCUT2D eigenvalue weighted by molar-refractivity contribution is 6.05. The largest absolute Gasteiger partial charge is 0.328 e. The van der Waals surface area contributed by atoms with Crippen LogP contribution in [-0.4, -0.2) is 29.3 Å². The number of rotatable bonds is 2. The van der Waals surface area contributed by atoms with Crippen molar-refractivity contribution in [3.8, 4) is 0 Å². The average molecular weight is 250 g/mol. The smallest absolute Gasteiger partial charge is 0.233 e. The topological polar surface area (TPSA) is 63.4 Å². The number of likely N-dealkylation sites (tertiary alicyclic amines) is 1. The molecule has 1 saturated heterocycles. The number of fused-ring (bicyclic) bond motifs is 1. The third-order valence-electron chi connectivity index (χ3n) is 4.08. The van der Waals surface area contributed by atoms with E-state index in [1.54, 1.807) is 0 Å². The highest BCUT2D eigenvalue weighted by Gasteiger charge is 2.51. The van der Waals surface area contributed by atoms with Crippen LogP contribution in [0, 0.1) is 17.3 Å². The first kappa shape index (κ1) is 13.3. The van der Waals surface area contributed by atoms with Gasteiger partial charge in [0, 0.05) is 6.54 Å². The standard InChI is InChI=1S/C14H22N2O2/c1-14(2,3)11(8-15)16-12(17)9-6-4-5-7-10(9)13(16)18/h4-5,9-11H,6-8,15H2,1-3H3/t9-,10+,11?. The minimum Gasteiger partial charge on any atom is -0.328 e. The van der Waals surface area contributed by atoms with Crippen LogP contribution in [0.4, 0.5) is 0 Å². The number of allylic oxidation sites excluding steroid dienone is 2. The van der Waals surface area contributed by atoms with Crippen molar-refractivity contribution in [3.05, 3.63) is 12.2 Å². The van der Waals surface area contributed by atoms with Crippen LogP contribution >= 0.6 is 0 Å². The lowest BCUT2D eigenvalue weighted by molar-refractivity contribution is -0.145. The van der Waals surface area contributed by atoms with Gasteiger partial charge in [-0.3, -0.25) is 14.5 Å². The van der Waals surface area contributed by atoms with Crippen molar-refractivity contribution in [2.45, 2.75) is 39.7 Å². The molecule has 0 aromatic rings. The number of amides is 2. The van der Waals surface area contributed by atoms with Gasteiger partial charge in [-0.2, -0.15) is 0 Å². The van der Waals surface area contributed by atoms with E-state index < -0.39 is 0 Å². The molecule has 0 aromatic heterocycles. The lowest BCUT2D eigenvalue weighted by Gasteiger charge is -2.36. The van der Waals surface area contributed by atoms with E-state index in [0.29, 0.717) is 19.4 Å². The van der Waals surface area contributed by atoms with Crippen LogP contribution in [0.1, 0.15) is 33.6 Å². The Bertz CT molecular complexity index is 369. The molecule has 4 heteroatoms. The van der Waals surface area contributed by atoms with Crippen LogP contribution < -0.4 is 5.73 Å². The summed E-state index contributed by atoms with van der Waals surface area (Å²) in [7, 11) is 0. The SMILES string of the molecule is CC(C)(C)C(CN)N1C(=O)[C@H]2CC=CC[C@H]2C1=O. The van der Waals surface area contributed by atoms with E-state index in [-0.39, 0.29) is 35.1 Å². The van der Waals surface area contributed by atoms with E-state index in [1.165, 1.54) is 4.90 Å². The van der Waals surface area contributed by atoms with Crippen molar-refractivity contribution in [1.82, 2.24) is 4.90 Å². The third kappa shape index (κ3) is 1.99. The Morgan fingerprint density at radius 3 is 2.00 bits per heavy atom. The lowest BCUT2D eigenvalue weighted by atomic mass is 9.85. The monoisotopic (exact) mass is 250 g/mol. The maximum atomic E-state index is 12.4. The number of carbonyl (C=O) groups excluding carboxylic acids is 2. The molecule has 2 aliphatic rings. The zero-order valence-corrected chi connectivity index (χ0v) is 11.3. The molecule has 100 valence electrons. The second-order valence-electron chi connectivity index (χ2n) is 6.32. The Hall–Kier alpha value is -1.16. The number of imide groups is 1. The number of hydrogen-bond donors (Lipinski definition) is 1. The third-order valence-corrected chi connectivity index (χ3v) is 4.08. The van der Waals surface area contributed by atoms with Crippen LogP contribution in [0.15, 0.2) is 12.2 Å². The molecule has 1 fully saturated rings. The van der Waals surface area contributed by atoms with Crippen molar-refractivity contribution in [3.63, 3.8) is 0 Å². The molecule has 0 aromatic carbocycles. The fraction of sp³-hybridized carbons (Fsp3) is 0.714. The molecule has 2 rings (SSSR count). The number of nitrogens with two attached hydrogens (primary N) is 1. The molecule has 3 atom stereocenters. The summed E-state index contributed by atoms with van der Waals surface area (Å²) in [5.41, 5.74) is 5.61. The van der Waals surface area contributed by atoms with Crippen LogP contribution in [0.3, 0.4) is 0 Å². The predicted molar refractivity (Wildman–Crippen MR) is 69.5 cm³/mol. The quantitative estimate of drug-likeness (QED) is 0.593. The summed E-state index contributed by atoms with van der Waals surface area (Å²) >= 11 is 0. The zero-order valence-electron chi connectivity index (χ0n) is 11.3. The number of carbonyl (C=O) groups is 2. The van der Waals surface area contributed by atoms with Gasteiger partial charge >= 0.3 is 0 Å². The summed E-state index contributed by atoms with van der Waals surface area (Å²) in [4.78, 5) is 26.3. The molecule has 0 radical (unpaired) electrons. The average Bonchev–Trinajstić information content (AvgIpc) is 2.54. The van der Waals surface area contributed by atoms with Gasteiger partial charge in [0.25, 0.3) is 0 Å². The van der Waals surface area contributed by atoms with E-state index in [9.17, 15) is 9.59 Å². The predicted octanol–water partition coefficient (Wildman–Crippen LogP) is 1.31. The van der Waals surface area contributed by atoms with Gasteiger partial charge < -0.3 is 5.73 Å². The summed E-state index contributed by atoms with van der Waals surface area (Å²) in [6.45, 7) is 6.38. The minimum absolute atomic E-state index is 0.0280. The number of hydrogen-bond acceptors (Lipinski definition) is 3. The van der Waals surface area contributed by atoms with Gasteiger partial charge in [0.1, 0.15) is 0 Å². The van der Waals surface area contributed by atoms with Crippen LogP contribution in [0.2, 0.25) is 0 Å². The highest BCUT2D eigenvalue weighted by Crippen LogP contribution is 2.38. The second kappa shape index (κ2) is 4.50. The van der Waals surface area contributed by atoms with Crippen molar-refractivity contribution >= 4 is 11.8 Å². The highest BCUT2D eigenvalue weighted by atomic mass is 16.2. The fourth-order valence-electron chi connectivity index (χ4n) is 2.98. The summed E-state index contributed by atoms with van der Waals surface area (Å²) in [5.74, 6) is -0.364. The van der Waals surface area contributed by atoms with Gasteiger partial charge in [-0.05, 0) is 18.3 Å². The van der Waals surface area contributed by atoms with Gasteiger partial charge in [-0.15, -0.1) is 0 Å². The molecule has 1 unspecified atom stereocenters. The molecule has 1 aliphatic carbocycles. The van der Waals surface area contributed by atoms with Gasteiger partial charge in [0.2, 0.25) is 11.8 Å².